The van der Waals surface area contributed by atoms with Gasteiger partial charge in [0.05, 0.1) is 19.1 Å². The predicted molar refractivity (Wildman–Crippen MR) is 72.0 cm³/mol. The summed E-state index contributed by atoms with van der Waals surface area (Å²) in [6, 6.07) is 2.27. The van der Waals surface area contributed by atoms with Gasteiger partial charge in [-0.15, -0.1) is 0 Å². The Morgan fingerprint density at radius 1 is 1.30 bits per heavy atom. The van der Waals surface area contributed by atoms with E-state index in [1.54, 1.807) is 0 Å². The maximum atomic E-state index is 12.0. The lowest BCUT2D eigenvalue weighted by atomic mass is 10.2. The first-order valence-electron chi connectivity index (χ1n) is 5.86. The average Bonchev–Trinajstić information content (AvgIpc) is 2.43. The third kappa shape index (κ3) is 3.40. The minimum Gasteiger partial charge on any atom is -0.493 e. The van der Waals surface area contributed by atoms with Crippen molar-refractivity contribution in [1.29, 1.82) is 0 Å². The highest BCUT2D eigenvalue weighted by Crippen LogP contribution is 2.34. The quantitative estimate of drug-likeness (QED) is 0.782. The SMILES string of the molecule is CCCNS(=O)(=O)c1cc(OC)c(OC)c(C(=O)O)c1. The van der Waals surface area contributed by atoms with Crippen LogP contribution in [0.4, 0.5) is 0 Å². The Hall–Kier alpha value is -1.80. The molecule has 0 aromatic heterocycles. The van der Waals surface area contributed by atoms with E-state index in [4.69, 9.17) is 14.6 Å². The average molecular weight is 303 g/mol. The molecule has 0 heterocycles. The van der Waals surface area contributed by atoms with Gasteiger partial charge >= 0.3 is 5.97 Å². The van der Waals surface area contributed by atoms with Crippen LogP contribution in [-0.2, 0) is 10.0 Å². The van der Waals surface area contributed by atoms with Gasteiger partial charge in [-0.05, 0) is 12.5 Å². The van der Waals surface area contributed by atoms with Crippen molar-refractivity contribution < 1.29 is 27.8 Å². The fraction of sp³-hybridized carbons (Fsp3) is 0.417. The maximum absolute atomic E-state index is 12.0. The number of sulfonamides is 1. The number of aromatic carboxylic acids is 1. The zero-order valence-electron chi connectivity index (χ0n) is 11.5. The number of nitrogens with one attached hydrogen (secondary N) is 1. The number of hydrogen-bond acceptors (Lipinski definition) is 5. The van der Waals surface area contributed by atoms with Crippen molar-refractivity contribution in [1.82, 2.24) is 4.72 Å². The van der Waals surface area contributed by atoms with E-state index in [2.05, 4.69) is 4.72 Å². The van der Waals surface area contributed by atoms with Crippen LogP contribution in [0.15, 0.2) is 17.0 Å². The van der Waals surface area contributed by atoms with Crippen LogP contribution in [0.2, 0.25) is 0 Å². The molecule has 8 heteroatoms. The molecule has 0 unspecified atom stereocenters. The van der Waals surface area contributed by atoms with E-state index in [-0.39, 0.29) is 28.5 Å². The number of methoxy groups -OCH3 is 2. The Morgan fingerprint density at radius 2 is 1.95 bits per heavy atom. The third-order valence-electron chi connectivity index (χ3n) is 2.54. The Labute approximate surface area is 117 Å². The minimum atomic E-state index is -3.78. The lowest BCUT2D eigenvalue weighted by Crippen LogP contribution is -2.24. The van der Waals surface area contributed by atoms with E-state index in [0.29, 0.717) is 6.42 Å². The van der Waals surface area contributed by atoms with E-state index in [1.807, 2.05) is 6.92 Å². The topological polar surface area (TPSA) is 102 Å². The van der Waals surface area contributed by atoms with Crippen molar-refractivity contribution in [2.75, 3.05) is 20.8 Å². The van der Waals surface area contributed by atoms with Gasteiger partial charge in [0.15, 0.2) is 11.5 Å². The zero-order valence-corrected chi connectivity index (χ0v) is 12.3. The third-order valence-corrected chi connectivity index (χ3v) is 3.98. The van der Waals surface area contributed by atoms with Crippen LogP contribution in [-0.4, -0.2) is 40.3 Å². The smallest absolute Gasteiger partial charge is 0.339 e. The van der Waals surface area contributed by atoms with Crippen LogP contribution in [0.25, 0.3) is 0 Å². The zero-order chi connectivity index (χ0) is 15.3. The number of rotatable bonds is 7. The molecule has 0 aliphatic heterocycles. The minimum absolute atomic E-state index is 0.0190. The number of carboxylic acids is 1. The van der Waals surface area contributed by atoms with Crippen LogP contribution in [0.3, 0.4) is 0 Å². The van der Waals surface area contributed by atoms with E-state index >= 15 is 0 Å². The summed E-state index contributed by atoms with van der Waals surface area (Å²) < 4.78 is 36.4. The van der Waals surface area contributed by atoms with Crippen molar-refractivity contribution in [3.63, 3.8) is 0 Å². The number of hydrogen-bond donors (Lipinski definition) is 2. The lowest BCUT2D eigenvalue weighted by Gasteiger charge is -2.13. The van der Waals surface area contributed by atoms with Crippen LogP contribution in [0.1, 0.15) is 23.7 Å². The molecule has 0 spiro atoms. The maximum Gasteiger partial charge on any atom is 0.339 e. The first-order valence-corrected chi connectivity index (χ1v) is 7.34. The molecule has 0 saturated carbocycles. The number of carbonyl (C=O) groups is 1. The standard InChI is InChI=1S/C12H17NO6S/c1-4-5-13-20(16,17)8-6-9(12(14)15)11(19-3)10(7-8)18-2/h6-7,13H,4-5H2,1-3H3,(H,14,15). The molecule has 1 rings (SSSR count). The van der Waals surface area contributed by atoms with Gasteiger partial charge in [-0.1, -0.05) is 6.92 Å². The lowest BCUT2D eigenvalue weighted by molar-refractivity contribution is 0.0692. The van der Waals surface area contributed by atoms with Gasteiger partial charge in [0.1, 0.15) is 5.56 Å². The van der Waals surface area contributed by atoms with Crippen LogP contribution in [0, 0.1) is 0 Å². The van der Waals surface area contributed by atoms with Gasteiger partial charge < -0.3 is 14.6 Å². The van der Waals surface area contributed by atoms with E-state index in [1.165, 1.54) is 20.3 Å². The molecule has 0 atom stereocenters. The monoisotopic (exact) mass is 303 g/mol. The van der Waals surface area contributed by atoms with Crippen LogP contribution in [0.5, 0.6) is 11.5 Å². The summed E-state index contributed by atoms with van der Waals surface area (Å²) in [7, 11) is -1.19. The fourth-order valence-electron chi connectivity index (χ4n) is 1.57. The Balaban J connectivity index is 3.43. The molecule has 1 aromatic rings. The van der Waals surface area contributed by atoms with E-state index < -0.39 is 16.0 Å². The van der Waals surface area contributed by atoms with E-state index in [0.717, 1.165) is 6.07 Å². The molecule has 112 valence electrons. The molecule has 0 aliphatic rings. The highest BCUT2D eigenvalue weighted by atomic mass is 32.2. The predicted octanol–water partition coefficient (Wildman–Crippen LogP) is 1.09. The highest BCUT2D eigenvalue weighted by Gasteiger charge is 2.23. The van der Waals surface area contributed by atoms with Crippen molar-refractivity contribution in [3.8, 4) is 11.5 Å². The van der Waals surface area contributed by atoms with Gasteiger partial charge in [-0.2, -0.15) is 0 Å². The van der Waals surface area contributed by atoms with Crippen molar-refractivity contribution >= 4 is 16.0 Å². The summed E-state index contributed by atoms with van der Waals surface area (Å²) in [4.78, 5) is 11.0. The van der Waals surface area contributed by atoms with Crippen molar-refractivity contribution in [3.05, 3.63) is 17.7 Å². The van der Waals surface area contributed by atoms with Crippen molar-refractivity contribution in [2.45, 2.75) is 18.2 Å². The summed E-state index contributed by atoms with van der Waals surface area (Å²) >= 11 is 0. The van der Waals surface area contributed by atoms with Crippen LogP contribution < -0.4 is 14.2 Å². The second-order valence-electron chi connectivity index (χ2n) is 3.91. The second kappa shape index (κ2) is 6.58. The van der Waals surface area contributed by atoms with Crippen molar-refractivity contribution in [2.24, 2.45) is 0 Å². The molecule has 0 bridgehead atoms. The molecule has 1 aromatic carbocycles. The Morgan fingerprint density at radius 3 is 2.40 bits per heavy atom. The first kappa shape index (κ1) is 16.3. The Bertz CT molecular complexity index is 596. The largest absolute Gasteiger partial charge is 0.493 e. The fourth-order valence-corrected chi connectivity index (χ4v) is 2.75. The van der Waals surface area contributed by atoms with Gasteiger partial charge in [-0.25, -0.2) is 17.9 Å². The van der Waals surface area contributed by atoms with E-state index in [9.17, 15) is 13.2 Å². The molecular formula is C12H17NO6S. The summed E-state index contributed by atoms with van der Waals surface area (Å²) in [5.41, 5.74) is -0.274. The first-order chi connectivity index (χ1) is 9.37. The van der Waals surface area contributed by atoms with Gasteiger partial charge in [0, 0.05) is 12.6 Å². The van der Waals surface area contributed by atoms with Gasteiger partial charge in [-0.3, -0.25) is 0 Å². The summed E-state index contributed by atoms with van der Waals surface area (Å²) in [6.45, 7) is 2.08. The normalized spacial score (nSPS) is 11.2. The number of carboxylic acid groups (broad SMARTS) is 1. The summed E-state index contributed by atoms with van der Waals surface area (Å²) in [5.74, 6) is -1.27. The molecule has 7 nitrogen and oxygen atoms in total. The van der Waals surface area contributed by atoms with Gasteiger partial charge in [0.25, 0.3) is 0 Å². The molecule has 0 fully saturated rings. The Kier molecular flexibility index (Phi) is 5.34. The molecule has 0 saturated heterocycles. The molecule has 2 N–H and O–H groups in total. The molecule has 20 heavy (non-hydrogen) atoms. The summed E-state index contributed by atoms with van der Waals surface area (Å²) in [5, 5.41) is 9.13. The molecule has 0 radical (unpaired) electrons. The highest BCUT2D eigenvalue weighted by molar-refractivity contribution is 7.89. The number of ether oxygens (including phenoxy) is 2. The molecular weight excluding hydrogens is 286 g/mol. The van der Waals surface area contributed by atoms with Gasteiger partial charge in [0.2, 0.25) is 10.0 Å². The summed E-state index contributed by atoms with van der Waals surface area (Å²) in [6.07, 6.45) is 0.623. The number of benzene rings is 1. The molecule has 0 amide bonds. The second-order valence-corrected chi connectivity index (χ2v) is 5.68. The van der Waals surface area contributed by atoms with Crippen LogP contribution >= 0.6 is 0 Å². The molecule has 0 aliphatic carbocycles.